The Morgan fingerprint density at radius 3 is 2.68 bits per heavy atom. The van der Waals surface area contributed by atoms with E-state index in [1.807, 2.05) is 6.07 Å². The van der Waals surface area contributed by atoms with Gasteiger partial charge in [0.25, 0.3) is 0 Å². The van der Waals surface area contributed by atoms with Crippen molar-refractivity contribution in [3.8, 4) is 0 Å². The number of anilines is 1. The standard InChI is InChI=1S/C22H31N7S.HI/c1-3-21-27-26-18-29(21)15-13-24-22(25-17-20-11-7-16-30-20)23-12-8-14-28(2)19-9-5-4-6-10-19;/h4-7,9-11,16,18H,3,8,12-15,17H2,1-2H3,(H2,23,24,25);1H. The van der Waals surface area contributed by atoms with Crippen LogP contribution in [-0.4, -0.2) is 47.4 Å². The number of nitrogens with one attached hydrogen (secondary N) is 2. The van der Waals surface area contributed by atoms with E-state index in [-0.39, 0.29) is 24.0 Å². The van der Waals surface area contributed by atoms with Crippen molar-refractivity contribution in [3.05, 3.63) is 64.9 Å². The molecule has 3 rings (SSSR count). The third-order valence-electron chi connectivity index (χ3n) is 4.79. The molecule has 0 unspecified atom stereocenters. The van der Waals surface area contributed by atoms with E-state index in [2.05, 4.69) is 86.0 Å². The monoisotopic (exact) mass is 553 g/mol. The summed E-state index contributed by atoms with van der Waals surface area (Å²) in [7, 11) is 2.13. The van der Waals surface area contributed by atoms with Crippen LogP contribution in [0.5, 0.6) is 0 Å². The van der Waals surface area contributed by atoms with Gasteiger partial charge in [0.15, 0.2) is 5.96 Å². The molecule has 7 nitrogen and oxygen atoms in total. The van der Waals surface area contributed by atoms with Gasteiger partial charge in [-0.3, -0.25) is 0 Å². The second kappa shape index (κ2) is 14.0. The van der Waals surface area contributed by atoms with Crippen LogP contribution in [0.4, 0.5) is 5.69 Å². The van der Waals surface area contributed by atoms with E-state index in [1.165, 1.54) is 10.6 Å². The third-order valence-corrected chi connectivity index (χ3v) is 5.65. The summed E-state index contributed by atoms with van der Waals surface area (Å²) < 4.78 is 2.08. The summed E-state index contributed by atoms with van der Waals surface area (Å²) in [6.07, 6.45) is 3.69. The molecule has 0 aliphatic carbocycles. The fraction of sp³-hybridized carbons (Fsp3) is 0.409. The highest BCUT2D eigenvalue weighted by molar-refractivity contribution is 14.0. The first-order valence-electron chi connectivity index (χ1n) is 10.4. The number of hydrogen-bond acceptors (Lipinski definition) is 5. The molecular formula is C22H32IN7S. The average molecular weight is 554 g/mol. The number of halogens is 1. The molecule has 0 amide bonds. The number of hydrogen-bond donors (Lipinski definition) is 2. The summed E-state index contributed by atoms with van der Waals surface area (Å²) in [6, 6.07) is 14.6. The van der Waals surface area contributed by atoms with Crippen LogP contribution in [0.25, 0.3) is 0 Å². The van der Waals surface area contributed by atoms with Gasteiger partial charge in [-0.1, -0.05) is 31.2 Å². The quantitative estimate of drug-likeness (QED) is 0.164. The van der Waals surface area contributed by atoms with E-state index in [0.29, 0.717) is 6.54 Å². The topological polar surface area (TPSA) is 70.4 Å². The molecule has 2 N–H and O–H groups in total. The highest BCUT2D eigenvalue weighted by atomic mass is 127. The fourth-order valence-electron chi connectivity index (χ4n) is 3.10. The van der Waals surface area contributed by atoms with Gasteiger partial charge in [-0.25, -0.2) is 4.99 Å². The second-order valence-electron chi connectivity index (χ2n) is 7.00. The van der Waals surface area contributed by atoms with Gasteiger partial charge in [-0.05, 0) is 30.0 Å². The molecule has 3 aromatic rings. The largest absolute Gasteiger partial charge is 0.375 e. The summed E-state index contributed by atoms with van der Waals surface area (Å²) in [4.78, 5) is 8.28. The van der Waals surface area contributed by atoms with Crippen molar-refractivity contribution in [2.24, 2.45) is 4.99 Å². The van der Waals surface area contributed by atoms with Crippen LogP contribution in [-0.2, 0) is 19.5 Å². The predicted molar refractivity (Wildman–Crippen MR) is 141 cm³/mol. The Balaban J connectivity index is 0.00000341. The molecule has 0 atom stereocenters. The smallest absolute Gasteiger partial charge is 0.191 e. The Kier molecular flexibility index (Phi) is 11.4. The lowest BCUT2D eigenvalue weighted by Crippen LogP contribution is -2.40. The number of aliphatic imine (C=N–C) groups is 1. The molecule has 2 heterocycles. The van der Waals surface area contributed by atoms with Crippen molar-refractivity contribution in [3.63, 3.8) is 0 Å². The Labute approximate surface area is 206 Å². The van der Waals surface area contributed by atoms with Crippen molar-refractivity contribution in [2.75, 3.05) is 31.6 Å². The Morgan fingerprint density at radius 2 is 1.94 bits per heavy atom. The molecule has 168 valence electrons. The van der Waals surface area contributed by atoms with Gasteiger partial charge >= 0.3 is 0 Å². The molecule has 0 radical (unpaired) electrons. The van der Waals surface area contributed by atoms with Crippen LogP contribution in [0.3, 0.4) is 0 Å². The maximum atomic E-state index is 4.75. The first-order valence-corrected chi connectivity index (χ1v) is 11.3. The maximum Gasteiger partial charge on any atom is 0.191 e. The van der Waals surface area contributed by atoms with Gasteiger partial charge in [0.2, 0.25) is 0 Å². The van der Waals surface area contributed by atoms with Crippen molar-refractivity contribution in [2.45, 2.75) is 32.9 Å². The van der Waals surface area contributed by atoms with Gasteiger partial charge in [0, 0.05) is 50.2 Å². The first-order chi connectivity index (χ1) is 14.8. The Bertz CT molecular complexity index is 880. The lowest BCUT2D eigenvalue weighted by atomic mass is 10.3. The van der Waals surface area contributed by atoms with Gasteiger partial charge in [-0.15, -0.1) is 45.5 Å². The molecule has 31 heavy (non-hydrogen) atoms. The number of guanidine groups is 1. The summed E-state index contributed by atoms with van der Waals surface area (Å²) in [5, 5.41) is 17.1. The van der Waals surface area contributed by atoms with Crippen LogP contribution in [0.2, 0.25) is 0 Å². The molecule has 9 heteroatoms. The number of benzene rings is 1. The molecule has 0 bridgehead atoms. The molecular weight excluding hydrogens is 521 g/mol. The van der Waals surface area contributed by atoms with Gasteiger partial charge in [0.1, 0.15) is 12.2 Å². The SMILES string of the molecule is CCc1nncn1CCNC(=NCc1cccs1)NCCCN(C)c1ccccc1.I. The minimum atomic E-state index is 0. The van der Waals surface area contributed by atoms with E-state index in [1.54, 1.807) is 17.7 Å². The van der Waals surface area contributed by atoms with E-state index < -0.39 is 0 Å². The summed E-state index contributed by atoms with van der Waals surface area (Å²) >= 11 is 1.73. The lowest BCUT2D eigenvalue weighted by Gasteiger charge is -2.20. The van der Waals surface area contributed by atoms with Gasteiger partial charge < -0.3 is 20.1 Å². The predicted octanol–water partition coefficient (Wildman–Crippen LogP) is 3.78. The number of para-hydroxylation sites is 1. The number of aromatic nitrogens is 3. The lowest BCUT2D eigenvalue weighted by molar-refractivity contribution is 0.629. The minimum absolute atomic E-state index is 0. The molecule has 0 aliphatic rings. The maximum absolute atomic E-state index is 4.75. The zero-order chi connectivity index (χ0) is 21.0. The number of thiophene rings is 1. The van der Waals surface area contributed by atoms with Crippen LogP contribution < -0.4 is 15.5 Å². The van der Waals surface area contributed by atoms with Crippen LogP contribution in [0, 0.1) is 0 Å². The Morgan fingerprint density at radius 1 is 1.13 bits per heavy atom. The zero-order valence-electron chi connectivity index (χ0n) is 18.2. The molecule has 0 fully saturated rings. The summed E-state index contributed by atoms with van der Waals surface area (Å²) in [5.74, 6) is 1.85. The van der Waals surface area contributed by atoms with E-state index in [0.717, 1.165) is 50.8 Å². The molecule has 0 aliphatic heterocycles. The van der Waals surface area contributed by atoms with Crippen molar-refractivity contribution >= 4 is 47.0 Å². The number of rotatable bonds is 11. The third kappa shape index (κ3) is 8.48. The molecule has 0 saturated heterocycles. The summed E-state index contributed by atoms with van der Waals surface area (Å²) in [5.41, 5.74) is 1.24. The highest BCUT2D eigenvalue weighted by Gasteiger charge is 2.04. The summed E-state index contributed by atoms with van der Waals surface area (Å²) in [6.45, 7) is 6.20. The molecule has 0 saturated carbocycles. The van der Waals surface area contributed by atoms with Crippen molar-refractivity contribution in [1.82, 2.24) is 25.4 Å². The highest BCUT2D eigenvalue weighted by Crippen LogP contribution is 2.11. The van der Waals surface area contributed by atoms with Crippen LogP contribution in [0.1, 0.15) is 24.0 Å². The van der Waals surface area contributed by atoms with Crippen molar-refractivity contribution in [1.29, 1.82) is 0 Å². The normalized spacial score (nSPS) is 11.1. The minimum Gasteiger partial charge on any atom is -0.375 e. The van der Waals surface area contributed by atoms with E-state index in [4.69, 9.17) is 4.99 Å². The van der Waals surface area contributed by atoms with Gasteiger partial charge in [-0.2, -0.15) is 0 Å². The number of aryl methyl sites for hydroxylation is 1. The zero-order valence-corrected chi connectivity index (χ0v) is 21.3. The fourth-order valence-corrected chi connectivity index (χ4v) is 3.73. The number of nitrogens with zero attached hydrogens (tertiary/aromatic N) is 5. The van der Waals surface area contributed by atoms with E-state index in [9.17, 15) is 0 Å². The first kappa shape index (κ1) is 25.1. The van der Waals surface area contributed by atoms with Gasteiger partial charge in [0.05, 0.1) is 6.54 Å². The van der Waals surface area contributed by atoms with E-state index >= 15 is 0 Å². The average Bonchev–Trinajstić information content (AvgIpc) is 3.46. The molecule has 1 aromatic carbocycles. The molecule has 0 spiro atoms. The Hall–Kier alpha value is -2.14. The van der Waals surface area contributed by atoms with Crippen LogP contribution in [0.15, 0.2) is 59.2 Å². The van der Waals surface area contributed by atoms with Crippen molar-refractivity contribution < 1.29 is 0 Å². The molecule has 2 aromatic heterocycles. The second-order valence-corrected chi connectivity index (χ2v) is 8.03. The van der Waals surface area contributed by atoms with Crippen LogP contribution >= 0.6 is 35.3 Å².